The third-order valence-electron chi connectivity index (χ3n) is 5.50. The van der Waals surface area contributed by atoms with Crippen molar-refractivity contribution < 1.29 is 28.9 Å². The second-order valence-electron chi connectivity index (χ2n) is 7.42. The summed E-state index contributed by atoms with van der Waals surface area (Å²) in [6.45, 7) is 2.38. The minimum atomic E-state index is -0.939. The molecule has 0 spiro atoms. The summed E-state index contributed by atoms with van der Waals surface area (Å²) < 4.78 is 16.1. The van der Waals surface area contributed by atoms with Gasteiger partial charge in [0.25, 0.3) is 11.7 Å². The maximum atomic E-state index is 13.3. The first-order valence-electron chi connectivity index (χ1n) is 10.7. The Morgan fingerprint density at radius 1 is 1.00 bits per heavy atom. The van der Waals surface area contributed by atoms with Crippen molar-refractivity contribution in [3.63, 3.8) is 0 Å². The van der Waals surface area contributed by atoms with E-state index in [1.807, 2.05) is 6.92 Å². The Morgan fingerprint density at radius 3 is 2.35 bits per heavy atom. The van der Waals surface area contributed by atoms with Crippen molar-refractivity contribution >= 4 is 23.1 Å². The number of aliphatic hydroxyl groups is 1. The number of hydrogen-bond donors (Lipinski definition) is 1. The van der Waals surface area contributed by atoms with Crippen LogP contribution in [0.1, 0.15) is 24.2 Å². The van der Waals surface area contributed by atoms with Gasteiger partial charge in [-0.3, -0.25) is 19.5 Å². The first kappa shape index (κ1) is 22.8. The number of ether oxygens (including phenoxy) is 3. The van der Waals surface area contributed by atoms with E-state index in [1.165, 1.54) is 19.1 Å². The number of carbonyl (C=O) groups is 2. The van der Waals surface area contributed by atoms with Crippen molar-refractivity contribution in [1.82, 2.24) is 4.98 Å². The number of benzene rings is 2. The topological polar surface area (TPSA) is 98.2 Å². The van der Waals surface area contributed by atoms with Crippen LogP contribution in [0.25, 0.3) is 5.76 Å². The maximum Gasteiger partial charge on any atom is 0.300 e. The molecule has 8 heteroatoms. The van der Waals surface area contributed by atoms with Crippen LogP contribution in [0.2, 0.25) is 0 Å². The van der Waals surface area contributed by atoms with E-state index in [1.54, 1.807) is 66.9 Å². The van der Waals surface area contributed by atoms with Crippen molar-refractivity contribution in [2.45, 2.75) is 13.0 Å². The minimum Gasteiger partial charge on any atom is -0.507 e. The number of nitrogens with zero attached hydrogens (tertiary/aromatic N) is 2. The van der Waals surface area contributed by atoms with Gasteiger partial charge in [-0.15, -0.1) is 0 Å². The summed E-state index contributed by atoms with van der Waals surface area (Å²) in [7, 11) is 2.96. The number of aromatic nitrogens is 1. The number of rotatable bonds is 7. The minimum absolute atomic E-state index is 0.0824. The number of anilines is 1. The zero-order valence-electron chi connectivity index (χ0n) is 19.0. The SMILES string of the molecule is CCOc1ccc(N2C(=O)C(=O)/C(=C(\O)c3ccc(OC)cc3OC)C2c2ccccn2)cc1. The summed E-state index contributed by atoms with van der Waals surface area (Å²) in [5.41, 5.74) is 1.08. The quantitative estimate of drug-likeness (QED) is 0.322. The summed E-state index contributed by atoms with van der Waals surface area (Å²) in [6, 6.07) is 15.9. The summed E-state index contributed by atoms with van der Waals surface area (Å²) in [4.78, 5) is 32.2. The Labute approximate surface area is 197 Å². The van der Waals surface area contributed by atoms with Crippen LogP contribution in [0.5, 0.6) is 17.2 Å². The van der Waals surface area contributed by atoms with Gasteiger partial charge in [-0.1, -0.05) is 6.07 Å². The van der Waals surface area contributed by atoms with E-state index in [0.29, 0.717) is 35.2 Å². The summed E-state index contributed by atoms with van der Waals surface area (Å²) in [5, 5.41) is 11.3. The van der Waals surface area contributed by atoms with Crippen LogP contribution in [-0.4, -0.2) is 42.6 Å². The van der Waals surface area contributed by atoms with Gasteiger partial charge in [0.1, 0.15) is 29.0 Å². The molecule has 174 valence electrons. The molecule has 1 aliphatic rings. The Morgan fingerprint density at radius 2 is 1.74 bits per heavy atom. The maximum absolute atomic E-state index is 13.3. The highest BCUT2D eigenvalue weighted by atomic mass is 16.5. The number of pyridine rings is 1. The highest BCUT2D eigenvalue weighted by molar-refractivity contribution is 6.51. The van der Waals surface area contributed by atoms with Gasteiger partial charge in [0.15, 0.2) is 0 Å². The molecule has 2 aromatic carbocycles. The number of amides is 1. The van der Waals surface area contributed by atoms with Crippen LogP contribution >= 0.6 is 0 Å². The van der Waals surface area contributed by atoms with Gasteiger partial charge < -0.3 is 19.3 Å². The highest BCUT2D eigenvalue weighted by Gasteiger charge is 2.47. The lowest BCUT2D eigenvalue weighted by molar-refractivity contribution is -0.132. The molecular weight excluding hydrogens is 436 g/mol. The number of hydrogen-bond acceptors (Lipinski definition) is 7. The molecule has 4 rings (SSSR count). The monoisotopic (exact) mass is 460 g/mol. The molecular formula is C26H24N2O6. The number of carbonyl (C=O) groups excluding carboxylic acids is 2. The van der Waals surface area contributed by atoms with E-state index in [0.717, 1.165) is 0 Å². The van der Waals surface area contributed by atoms with Crippen LogP contribution in [-0.2, 0) is 9.59 Å². The fraction of sp³-hybridized carbons (Fsp3) is 0.192. The molecule has 1 atom stereocenters. The predicted octanol–water partition coefficient (Wildman–Crippen LogP) is 4.12. The lowest BCUT2D eigenvalue weighted by atomic mass is 9.97. The van der Waals surface area contributed by atoms with Crippen molar-refractivity contribution in [2.24, 2.45) is 0 Å². The molecule has 1 amide bonds. The van der Waals surface area contributed by atoms with Gasteiger partial charge in [0, 0.05) is 18.0 Å². The smallest absolute Gasteiger partial charge is 0.300 e. The van der Waals surface area contributed by atoms with Gasteiger partial charge in [-0.2, -0.15) is 0 Å². The molecule has 0 bridgehead atoms. The van der Waals surface area contributed by atoms with Crippen LogP contribution in [0, 0.1) is 0 Å². The first-order chi connectivity index (χ1) is 16.5. The van der Waals surface area contributed by atoms with E-state index in [-0.39, 0.29) is 16.9 Å². The summed E-state index contributed by atoms with van der Waals surface area (Å²) >= 11 is 0. The Hall–Kier alpha value is -4.33. The highest BCUT2D eigenvalue weighted by Crippen LogP contribution is 2.43. The fourth-order valence-electron chi connectivity index (χ4n) is 3.93. The van der Waals surface area contributed by atoms with E-state index in [4.69, 9.17) is 14.2 Å². The number of Topliss-reactive ketones (excluding diaryl/α,β-unsaturated/α-hetero) is 1. The summed E-state index contributed by atoms with van der Waals surface area (Å²) in [5.74, 6) is -0.496. The lowest BCUT2D eigenvalue weighted by Crippen LogP contribution is -2.29. The number of ketones is 1. The molecule has 1 saturated heterocycles. The number of methoxy groups -OCH3 is 2. The summed E-state index contributed by atoms with van der Waals surface area (Å²) in [6.07, 6.45) is 1.57. The zero-order chi connectivity index (χ0) is 24.2. The number of aliphatic hydroxyl groups excluding tert-OH is 1. The Bertz CT molecular complexity index is 1240. The van der Waals surface area contributed by atoms with Gasteiger partial charge in [0.2, 0.25) is 0 Å². The van der Waals surface area contributed by atoms with Crippen molar-refractivity contribution in [2.75, 3.05) is 25.7 Å². The molecule has 1 aromatic heterocycles. The molecule has 0 radical (unpaired) electrons. The second kappa shape index (κ2) is 9.66. The van der Waals surface area contributed by atoms with Crippen LogP contribution < -0.4 is 19.1 Å². The van der Waals surface area contributed by atoms with Gasteiger partial charge in [-0.25, -0.2) is 0 Å². The third-order valence-corrected chi connectivity index (χ3v) is 5.50. The molecule has 8 nitrogen and oxygen atoms in total. The van der Waals surface area contributed by atoms with E-state index in [2.05, 4.69) is 4.98 Å². The van der Waals surface area contributed by atoms with Crippen molar-refractivity contribution in [3.05, 3.63) is 83.7 Å². The van der Waals surface area contributed by atoms with Gasteiger partial charge in [0.05, 0.1) is 37.7 Å². The molecule has 1 N–H and O–H groups in total. The standard InChI is InChI=1S/C26H24N2O6/c1-4-34-17-10-8-16(9-11-17)28-23(20-7-5-6-14-27-20)22(25(30)26(28)31)24(29)19-13-12-18(32-2)15-21(19)33-3/h5-15,23,29H,4H2,1-3H3/b24-22-. The molecule has 1 unspecified atom stereocenters. The van der Waals surface area contributed by atoms with E-state index >= 15 is 0 Å². The molecule has 0 aliphatic carbocycles. The van der Waals surface area contributed by atoms with Crippen LogP contribution in [0.15, 0.2) is 72.4 Å². The van der Waals surface area contributed by atoms with Crippen molar-refractivity contribution in [1.29, 1.82) is 0 Å². The largest absolute Gasteiger partial charge is 0.507 e. The fourth-order valence-corrected chi connectivity index (χ4v) is 3.93. The molecule has 1 aliphatic heterocycles. The van der Waals surface area contributed by atoms with Crippen molar-refractivity contribution in [3.8, 4) is 17.2 Å². The third kappa shape index (κ3) is 4.05. The van der Waals surface area contributed by atoms with Crippen LogP contribution in [0.4, 0.5) is 5.69 Å². The Kier molecular flexibility index (Phi) is 6.49. The molecule has 1 fully saturated rings. The average Bonchev–Trinajstić information content (AvgIpc) is 3.14. The normalized spacial score (nSPS) is 17.0. The van der Waals surface area contributed by atoms with E-state index < -0.39 is 17.7 Å². The molecule has 0 saturated carbocycles. The average molecular weight is 460 g/mol. The van der Waals surface area contributed by atoms with E-state index in [9.17, 15) is 14.7 Å². The lowest BCUT2D eigenvalue weighted by Gasteiger charge is -2.25. The Balaban J connectivity index is 1.90. The second-order valence-corrected chi connectivity index (χ2v) is 7.42. The zero-order valence-corrected chi connectivity index (χ0v) is 19.0. The molecule has 3 aromatic rings. The predicted molar refractivity (Wildman–Crippen MR) is 126 cm³/mol. The van der Waals surface area contributed by atoms with Gasteiger partial charge in [-0.05, 0) is 55.5 Å². The van der Waals surface area contributed by atoms with Gasteiger partial charge >= 0.3 is 0 Å². The molecule has 34 heavy (non-hydrogen) atoms. The molecule has 2 heterocycles. The van der Waals surface area contributed by atoms with Crippen LogP contribution in [0.3, 0.4) is 0 Å². The first-order valence-corrected chi connectivity index (χ1v) is 10.7.